The molecule has 2 amide bonds. The molecule has 0 bridgehead atoms. The first kappa shape index (κ1) is 34.4. The smallest absolute Gasteiger partial charge is 0.264 e. The number of amides is 2. The van der Waals surface area contributed by atoms with Crippen LogP contribution in [-0.4, -0.2) is 44.3 Å². The number of carbonyl (C=O) groups is 2. The fraction of sp³-hybridized carbons (Fsp3) is 0.316. The van der Waals surface area contributed by atoms with Crippen molar-refractivity contribution in [1.82, 2.24) is 10.2 Å². The minimum absolute atomic E-state index is 0.0903. The van der Waals surface area contributed by atoms with E-state index >= 15 is 0 Å². The van der Waals surface area contributed by atoms with Crippen LogP contribution in [0.2, 0.25) is 0 Å². The van der Waals surface area contributed by atoms with Crippen LogP contribution < -0.4 is 9.62 Å². The summed E-state index contributed by atoms with van der Waals surface area (Å²) in [6, 6.07) is 28.5. The molecule has 0 fully saturated rings. The summed E-state index contributed by atoms with van der Waals surface area (Å²) >= 11 is 0. The van der Waals surface area contributed by atoms with Gasteiger partial charge in [0.1, 0.15) is 12.6 Å². The van der Waals surface area contributed by atoms with E-state index in [4.69, 9.17) is 0 Å². The molecule has 0 unspecified atom stereocenters. The molecule has 0 aliphatic heterocycles. The van der Waals surface area contributed by atoms with Crippen molar-refractivity contribution in [2.45, 2.75) is 71.4 Å². The Morgan fingerprint density at radius 2 is 1.46 bits per heavy atom. The van der Waals surface area contributed by atoms with Gasteiger partial charge in [0.25, 0.3) is 10.0 Å². The SMILES string of the molecule is CCCCNC(=O)[C@@H](Cc1ccccc1)N(Cc1cccc(C)c1)C(=O)CN(c1ccc(C)c(C)c1)S(=O)(=O)c1ccc(C)cc1. The quantitative estimate of drug-likeness (QED) is 0.156. The molecular formula is C38H45N3O4S. The van der Waals surface area contributed by atoms with Gasteiger partial charge >= 0.3 is 0 Å². The number of aryl methyl sites for hydroxylation is 4. The second-order valence-corrected chi connectivity index (χ2v) is 13.8. The molecule has 0 radical (unpaired) electrons. The lowest BCUT2D eigenvalue weighted by Crippen LogP contribution is -2.53. The van der Waals surface area contributed by atoms with Gasteiger partial charge in [-0.15, -0.1) is 0 Å². The van der Waals surface area contributed by atoms with Crippen molar-refractivity contribution in [3.05, 3.63) is 130 Å². The highest BCUT2D eigenvalue weighted by Gasteiger charge is 2.34. The Labute approximate surface area is 274 Å². The van der Waals surface area contributed by atoms with E-state index in [1.54, 1.807) is 41.3 Å². The van der Waals surface area contributed by atoms with E-state index in [9.17, 15) is 18.0 Å². The second kappa shape index (κ2) is 15.7. The summed E-state index contributed by atoms with van der Waals surface area (Å²) in [4.78, 5) is 30.1. The molecule has 0 aliphatic carbocycles. The number of benzene rings is 4. The van der Waals surface area contributed by atoms with E-state index < -0.39 is 28.5 Å². The van der Waals surface area contributed by atoms with Crippen molar-refractivity contribution >= 4 is 27.5 Å². The maximum Gasteiger partial charge on any atom is 0.264 e. The van der Waals surface area contributed by atoms with E-state index in [1.165, 1.54) is 4.31 Å². The molecule has 7 nitrogen and oxygen atoms in total. The van der Waals surface area contributed by atoms with Gasteiger partial charge in [-0.25, -0.2) is 8.42 Å². The normalized spacial score (nSPS) is 11.9. The Kier molecular flexibility index (Phi) is 11.8. The van der Waals surface area contributed by atoms with Gasteiger partial charge in [-0.3, -0.25) is 13.9 Å². The van der Waals surface area contributed by atoms with E-state index in [2.05, 4.69) is 12.2 Å². The molecule has 4 rings (SSSR count). The van der Waals surface area contributed by atoms with Crippen LogP contribution in [0, 0.1) is 27.7 Å². The van der Waals surface area contributed by atoms with Crippen molar-refractivity contribution in [1.29, 1.82) is 0 Å². The monoisotopic (exact) mass is 639 g/mol. The molecule has 4 aromatic rings. The molecule has 4 aromatic carbocycles. The number of sulfonamides is 1. The first-order valence-corrected chi connectivity index (χ1v) is 17.3. The number of nitrogens with one attached hydrogen (secondary N) is 1. The zero-order valence-electron chi connectivity index (χ0n) is 27.5. The number of unbranched alkanes of at least 4 members (excludes halogenated alkanes) is 1. The maximum atomic E-state index is 14.6. The van der Waals surface area contributed by atoms with Crippen LogP contribution in [0.25, 0.3) is 0 Å². The highest BCUT2D eigenvalue weighted by molar-refractivity contribution is 7.92. The molecule has 0 saturated heterocycles. The average Bonchev–Trinajstić information content (AvgIpc) is 3.03. The first-order valence-electron chi connectivity index (χ1n) is 15.8. The summed E-state index contributed by atoms with van der Waals surface area (Å²) in [5.74, 6) is -0.737. The minimum Gasteiger partial charge on any atom is -0.354 e. The van der Waals surface area contributed by atoms with Gasteiger partial charge in [0.05, 0.1) is 10.6 Å². The van der Waals surface area contributed by atoms with Crippen LogP contribution in [-0.2, 0) is 32.6 Å². The fourth-order valence-electron chi connectivity index (χ4n) is 5.31. The van der Waals surface area contributed by atoms with Gasteiger partial charge in [0, 0.05) is 19.5 Å². The van der Waals surface area contributed by atoms with Crippen LogP contribution in [0.5, 0.6) is 0 Å². The minimum atomic E-state index is -4.15. The van der Waals surface area contributed by atoms with Crippen molar-refractivity contribution in [2.24, 2.45) is 0 Å². The van der Waals surface area contributed by atoms with Crippen LogP contribution in [0.3, 0.4) is 0 Å². The number of anilines is 1. The number of rotatable bonds is 14. The molecule has 0 saturated carbocycles. The second-order valence-electron chi connectivity index (χ2n) is 12.0. The van der Waals surface area contributed by atoms with E-state index in [0.717, 1.165) is 46.2 Å². The average molecular weight is 640 g/mol. The Balaban J connectivity index is 1.81. The molecule has 0 aromatic heterocycles. The standard InChI is InChI=1S/C38H45N3O4S/c1-6-7-22-39-38(43)36(25-32-13-9-8-10-14-32)40(26-33-15-11-12-29(3)23-33)37(42)27-41(34-19-18-30(4)31(5)24-34)46(44,45)35-20-16-28(2)17-21-35/h8-21,23-24,36H,6-7,22,25-27H2,1-5H3,(H,39,43)/t36-/m1/s1. The van der Waals surface area contributed by atoms with E-state index in [0.29, 0.717) is 12.2 Å². The number of hydrogen-bond acceptors (Lipinski definition) is 4. The highest BCUT2D eigenvalue weighted by atomic mass is 32.2. The molecule has 0 aliphatic rings. The third-order valence-electron chi connectivity index (χ3n) is 8.20. The summed E-state index contributed by atoms with van der Waals surface area (Å²) in [6.45, 7) is 9.95. The summed E-state index contributed by atoms with van der Waals surface area (Å²) in [7, 11) is -4.15. The van der Waals surface area contributed by atoms with Crippen LogP contribution in [0.15, 0.2) is 102 Å². The van der Waals surface area contributed by atoms with Crippen molar-refractivity contribution in [3.63, 3.8) is 0 Å². The van der Waals surface area contributed by atoms with Gasteiger partial charge in [0.2, 0.25) is 11.8 Å². The van der Waals surface area contributed by atoms with Gasteiger partial charge < -0.3 is 10.2 Å². The summed E-state index contributed by atoms with van der Waals surface area (Å²) < 4.78 is 29.7. The number of nitrogens with zero attached hydrogens (tertiary/aromatic N) is 2. The van der Waals surface area contributed by atoms with Crippen LogP contribution in [0.1, 0.15) is 53.1 Å². The molecule has 1 N–H and O–H groups in total. The van der Waals surface area contributed by atoms with Crippen molar-refractivity contribution in [3.8, 4) is 0 Å². The maximum absolute atomic E-state index is 14.6. The summed E-state index contributed by atoms with van der Waals surface area (Å²) in [5, 5.41) is 3.03. The molecule has 8 heteroatoms. The molecule has 1 atom stereocenters. The number of hydrogen-bond donors (Lipinski definition) is 1. The Hall–Kier alpha value is -4.43. The summed E-state index contributed by atoms with van der Waals surface area (Å²) in [6.07, 6.45) is 2.01. The largest absolute Gasteiger partial charge is 0.354 e. The zero-order chi connectivity index (χ0) is 33.3. The van der Waals surface area contributed by atoms with E-state index in [1.807, 2.05) is 88.4 Å². The van der Waals surface area contributed by atoms with Gasteiger partial charge in [0.15, 0.2) is 0 Å². The molecule has 46 heavy (non-hydrogen) atoms. The van der Waals surface area contributed by atoms with E-state index in [-0.39, 0.29) is 23.8 Å². The van der Waals surface area contributed by atoms with Gasteiger partial charge in [-0.1, -0.05) is 97.3 Å². The molecule has 242 valence electrons. The predicted molar refractivity (Wildman–Crippen MR) is 185 cm³/mol. The fourth-order valence-corrected chi connectivity index (χ4v) is 6.72. The Bertz CT molecular complexity index is 1740. The third-order valence-corrected chi connectivity index (χ3v) is 9.99. The Morgan fingerprint density at radius 1 is 0.761 bits per heavy atom. The predicted octanol–water partition coefficient (Wildman–Crippen LogP) is 6.67. The lowest BCUT2D eigenvalue weighted by molar-refractivity contribution is -0.140. The Morgan fingerprint density at radius 3 is 2.11 bits per heavy atom. The van der Waals surface area contributed by atoms with Gasteiger partial charge in [-0.05, 0) is 80.6 Å². The summed E-state index contributed by atoms with van der Waals surface area (Å²) in [5.41, 5.74) is 6.01. The van der Waals surface area contributed by atoms with Gasteiger partial charge in [-0.2, -0.15) is 0 Å². The molecule has 0 heterocycles. The number of carbonyl (C=O) groups excluding carboxylic acids is 2. The third kappa shape index (κ3) is 8.85. The first-order chi connectivity index (χ1) is 22.0. The van der Waals surface area contributed by atoms with Crippen LogP contribution >= 0.6 is 0 Å². The molecule has 0 spiro atoms. The van der Waals surface area contributed by atoms with Crippen molar-refractivity contribution in [2.75, 3.05) is 17.4 Å². The van der Waals surface area contributed by atoms with Crippen LogP contribution in [0.4, 0.5) is 5.69 Å². The highest BCUT2D eigenvalue weighted by Crippen LogP contribution is 2.27. The lowest BCUT2D eigenvalue weighted by atomic mass is 10.0. The van der Waals surface area contributed by atoms with Crippen molar-refractivity contribution < 1.29 is 18.0 Å². The topological polar surface area (TPSA) is 86.8 Å². The lowest BCUT2D eigenvalue weighted by Gasteiger charge is -2.34. The molecular weight excluding hydrogens is 595 g/mol. The zero-order valence-corrected chi connectivity index (χ0v) is 28.3.